The Morgan fingerprint density at radius 1 is 1.67 bits per heavy atom. The Bertz CT molecular complexity index is 101. The molecule has 0 amide bonds. The smallest absolute Gasteiger partial charge is 0.00201 e. The Morgan fingerprint density at radius 3 is 2.83 bits per heavy atom. The Balaban J connectivity index is 2.22. The van der Waals surface area contributed by atoms with E-state index in [0.717, 1.165) is 5.92 Å². The normalized spacial score (nSPS) is 38.7. The van der Waals surface area contributed by atoms with Crippen molar-refractivity contribution in [3.05, 3.63) is 11.6 Å². The fourth-order valence-corrected chi connectivity index (χ4v) is 1.27. The maximum atomic E-state index is 2.39. The summed E-state index contributed by atoms with van der Waals surface area (Å²) in [6.45, 7) is 0. The van der Waals surface area contributed by atoms with Gasteiger partial charge in [-0.2, -0.15) is 0 Å². The number of fused-ring (bicyclic) bond motifs is 1. The summed E-state index contributed by atoms with van der Waals surface area (Å²) in [6.07, 6.45) is 6.75. The summed E-state index contributed by atoms with van der Waals surface area (Å²) in [5, 5.41) is 0. The highest BCUT2D eigenvalue weighted by molar-refractivity contribution is 5.32. The monoisotopic (exact) mass is 80.1 g/mol. The summed E-state index contributed by atoms with van der Waals surface area (Å²) in [6, 6.07) is 0. The van der Waals surface area contributed by atoms with E-state index >= 15 is 0 Å². The van der Waals surface area contributed by atoms with Crippen molar-refractivity contribution in [1.29, 1.82) is 0 Å². The Hall–Kier alpha value is -0.260. The summed E-state index contributed by atoms with van der Waals surface area (Å²) in [5.41, 5.74) is 1.75. The van der Waals surface area contributed by atoms with Gasteiger partial charge in [-0.25, -0.2) is 0 Å². The van der Waals surface area contributed by atoms with E-state index in [1.54, 1.807) is 5.57 Å². The molecule has 0 nitrogen and oxygen atoms in total. The van der Waals surface area contributed by atoms with Crippen molar-refractivity contribution in [2.75, 3.05) is 0 Å². The molecular formula is C6H8. The van der Waals surface area contributed by atoms with E-state index in [9.17, 15) is 0 Å². The molecule has 0 heterocycles. The van der Waals surface area contributed by atoms with Crippen LogP contribution in [0.25, 0.3) is 0 Å². The second-order valence-electron chi connectivity index (χ2n) is 2.24. The molecule has 0 aliphatic heterocycles. The van der Waals surface area contributed by atoms with Crippen LogP contribution < -0.4 is 0 Å². The highest BCUT2D eigenvalue weighted by atomic mass is 14.3. The molecule has 1 fully saturated rings. The first-order valence-corrected chi connectivity index (χ1v) is 2.67. The van der Waals surface area contributed by atoms with Gasteiger partial charge in [0.05, 0.1) is 0 Å². The molecule has 0 unspecified atom stereocenters. The molecule has 0 spiro atoms. The van der Waals surface area contributed by atoms with Gasteiger partial charge in [0, 0.05) is 0 Å². The first-order valence-electron chi connectivity index (χ1n) is 2.67. The zero-order chi connectivity index (χ0) is 3.98. The van der Waals surface area contributed by atoms with Crippen LogP contribution in [0.15, 0.2) is 11.6 Å². The molecule has 1 saturated carbocycles. The Morgan fingerprint density at radius 2 is 2.67 bits per heavy atom. The van der Waals surface area contributed by atoms with Crippen LogP contribution in [-0.4, -0.2) is 0 Å². The maximum Gasteiger partial charge on any atom is -0.00201 e. The van der Waals surface area contributed by atoms with Crippen molar-refractivity contribution in [2.24, 2.45) is 5.92 Å². The van der Waals surface area contributed by atoms with E-state index in [-0.39, 0.29) is 0 Å². The van der Waals surface area contributed by atoms with Crippen LogP contribution in [0.1, 0.15) is 19.3 Å². The minimum Gasteiger partial charge on any atom is -0.0775 e. The second kappa shape index (κ2) is 0.699. The summed E-state index contributed by atoms with van der Waals surface area (Å²) >= 11 is 0. The van der Waals surface area contributed by atoms with Crippen LogP contribution in [0.5, 0.6) is 0 Å². The first-order chi connectivity index (χ1) is 2.97. The van der Waals surface area contributed by atoms with Gasteiger partial charge in [-0.15, -0.1) is 0 Å². The van der Waals surface area contributed by atoms with E-state index in [0.29, 0.717) is 0 Å². The molecule has 2 rings (SSSR count). The molecule has 2 aliphatic carbocycles. The lowest BCUT2D eigenvalue weighted by atomic mass is 10.3. The minimum atomic E-state index is 1.00. The van der Waals surface area contributed by atoms with Crippen LogP contribution in [0.3, 0.4) is 0 Å². The zero-order valence-electron chi connectivity index (χ0n) is 3.78. The summed E-state index contributed by atoms with van der Waals surface area (Å²) < 4.78 is 0. The lowest BCUT2D eigenvalue weighted by molar-refractivity contribution is 0.805. The summed E-state index contributed by atoms with van der Waals surface area (Å²) in [7, 11) is 0. The van der Waals surface area contributed by atoms with E-state index < -0.39 is 0 Å². The fourth-order valence-electron chi connectivity index (χ4n) is 1.27. The van der Waals surface area contributed by atoms with Gasteiger partial charge in [0.1, 0.15) is 0 Å². The van der Waals surface area contributed by atoms with Crippen molar-refractivity contribution in [3.8, 4) is 0 Å². The Labute approximate surface area is 37.9 Å². The standard InChI is InChI=1S/C6H8/c1-2-5-4-6(5)3-1/h4-5H,1-3H2/t5-/m0/s1. The van der Waals surface area contributed by atoms with Gasteiger partial charge in [-0.1, -0.05) is 11.6 Å². The van der Waals surface area contributed by atoms with Crippen molar-refractivity contribution < 1.29 is 0 Å². The molecule has 0 N–H and O–H groups in total. The molecule has 0 aromatic rings. The minimum absolute atomic E-state index is 1.00. The average Bonchev–Trinajstić information content (AvgIpc) is 2.17. The molecule has 1 atom stereocenters. The van der Waals surface area contributed by atoms with E-state index in [1.807, 2.05) is 0 Å². The van der Waals surface area contributed by atoms with Gasteiger partial charge < -0.3 is 0 Å². The van der Waals surface area contributed by atoms with Gasteiger partial charge in [-0.05, 0) is 25.2 Å². The molecule has 0 heteroatoms. The van der Waals surface area contributed by atoms with Crippen LogP contribution >= 0.6 is 0 Å². The van der Waals surface area contributed by atoms with Crippen molar-refractivity contribution in [1.82, 2.24) is 0 Å². The molecule has 0 aromatic heterocycles. The van der Waals surface area contributed by atoms with Gasteiger partial charge in [0.2, 0.25) is 0 Å². The second-order valence-corrected chi connectivity index (χ2v) is 2.24. The molecule has 0 saturated heterocycles. The first kappa shape index (κ1) is 2.84. The number of hydrogen-bond donors (Lipinski definition) is 0. The summed E-state index contributed by atoms with van der Waals surface area (Å²) in [4.78, 5) is 0. The van der Waals surface area contributed by atoms with E-state index in [2.05, 4.69) is 6.08 Å². The molecule has 0 bridgehead atoms. The molecule has 2 aliphatic rings. The third-order valence-corrected chi connectivity index (χ3v) is 1.76. The predicted molar refractivity (Wildman–Crippen MR) is 25.4 cm³/mol. The highest BCUT2D eigenvalue weighted by Crippen LogP contribution is 2.43. The largest absolute Gasteiger partial charge is 0.0775 e. The zero-order valence-corrected chi connectivity index (χ0v) is 3.78. The number of rotatable bonds is 0. The fraction of sp³-hybridized carbons (Fsp3) is 0.667. The topological polar surface area (TPSA) is 0 Å². The van der Waals surface area contributed by atoms with Crippen molar-refractivity contribution in [3.63, 3.8) is 0 Å². The maximum absolute atomic E-state index is 2.39. The van der Waals surface area contributed by atoms with E-state index in [1.165, 1.54) is 19.3 Å². The number of allylic oxidation sites excluding steroid dienone is 2. The average molecular weight is 80.1 g/mol. The van der Waals surface area contributed by atoms with Crippen LogP contribution in [-0.2, 0) is 0 Å². The van der Waals surface area contributed by atoms with Crippen LogP contribution in [0.4, 0.5) is 0 Å². The Kier molecular flexibility index (Phi) is 0.331. The third kappa shape index (κ3) is 0.204. The van der Waals surface area contributed by atoms with Gasteiger partial charge in [0.15, 0.2) is 0 Å². The van der Waals surface area contributed by atoms with Crippen molar-refractivity contribution >= 4 is 0 Å². The van der Waals surface area contributed by atoms with Crippen LogP contribution in [0, 0.1) is 5.92 Å². The van der Waals surface area contributed by atoms with Crippen molar-refractivity contribution in [2.45, 2.75) is 19.3 Å². The quantitative estimate of drug-likeness (QED) is 0.389. The lowest BCUT2D eigenvalue weighted by Crippen LogP contribution is -1.63. The summed E-state index contributed by atoms with van der Waals surface area (Å²) in [5.74, 6) is 1.00. The predicted octanol–water partition coefficient (Wildman–Crippen LogP) is 1.73. The van der Waals surface area contributed by atoms with Crippen LogP contribution in [0.2, 0.25) is 0 Å². The third-order valence-electron chi connectivity index (χ3n) is 1.76. The molecular weight excluding hydrogens is 72.1 g/mol. The molecule has 32 valence electrons. The lowest BCUT2D eigenvalue weighted by Gasteiger charge is -1.77. The number of hydrogen-bond acceptors (Lipinski definition) is 0. The highest BCUT2D eigenvalue weighted by Gasteiger charge is 2.28. The molecule has 6 heavy (non-hydrogen) atoms. The molecule has 0 aromatic carbocycles. The van der Waals surface area contributed by atoms with E-state index in [4.69, 9.17) is 0 Å². The molecule has 0 radical (unpaired) electrons. The van der Waals surface area contributed by atoms with Gasteiger partial charge in [0.25, 0.3) is 0 Å². The van der Waals surface area contributed by atoms with Gasteiger partial charge in [-0.3, -0.25) is 0 Å². The van der Waals surface area contributed by atoms with Gasteiger partial charge >= 0.3 is 0 Å². The SMILES string of the molecule is C1=C2CCC[C@@H]12.